The Morgan fingerprint density at radius 1 is 1.60 bits per heavy atom. The minimum absolute atomic E-state index is 0.672. The van der Waals surface area contributed by atoms with Gasteiger partial charge < -0.3 is 4.74 Å². The molecule has 0 fully saturated rings. The summed E-state index contributed by atoms with van der Waals surface area (Å²) in [5.41, 5.74) is 0.975. The summed E-state index contributed by atoms with van der Waals surface area (Å²) in [5.74, 6) is 0.787. The minimum atomic E-state index is 0.672. The monoisotopic (exact) mass is 138 g/mol. The SMILES string of the molecule is C=C/C(=C\C(=C)C)OCC. The number of hydrogen-bond acceptors (Lipinski definition) is 1. The van der Waals surface area contributed by atoms with Crippen LogP contribution in [0.4, 0.5) is 0 Å². The van der Waals surface area contributed by atoms with E-state index in [2.05, 4.69) is 13.2 Å². The van der Waals surface area contributed by atoms with E-state index in [4.69, 9.17) is 4.74 Å². The molecule has 0 amide bonds. The van der Waals surface area contributed by atoms with Crippen LogP contribution in [-0.2, 0) is 4.74 Å². The second-order valence-corrected chi connectivity index (χ2v) is 2.03. The van der Waals surface area contributed by atoms with Gasteiger partial charge in [-0.05, 0) is 26.0 Å². The molecular weight excluding hydrogens is 124 g/mol. The highest BCUT2D eigenvalue weighted by atomic mass is 16.5. The molecular formula is C9H14O. The van der Waals surface area contributed by atoms with Gasteiger partial charge in [-0.3, -0.25) is 0 Å². The number of rotatable bonds is 4. The van der Waals surface area contributed by atoms with Crippen LogP contribution in [0.1, 0.15) is 13.8 Å². The highest BCUT2D eigenvalue weighted by Gasteiger charge is 1.87. The van der Waals surface area contributed by atoms with Gasteiger partial charge >= 0.3 is 0 Å². The molecule has 0 saturated carbocycles. The number of ether oxygens (including phenoxy) is 1. The van der Waals surface area contributed by atoms with Gasteiger partial charge in [-0.1, -0.05) is 18.7 Å². The zero-order chi connectivity index (χ0) is 7.98. The zero-order valence-electron chi connectivity index (χ0n) is 6.68. The summed E-state index contributed by atoms with van der Waals surface area (Å²) in [7, 11) is 0. The quantitative estimate of drug-likeness (QED) is 0.428. The maximum absolute atomic E-state index is 5.18. The first-order valence-electron chi connectivity index (χ1n) is 3.33. The van der Waals surface area contributed by atoms with Crippen LogP contribution >= 0.6 is 0 Å². The van der Waals surface area contributed by atoms with Gasteiger partial charge in [-0.15, -0.1) is 0 Å². The van der Waals surface area contributed by atoms with E-state index in [1.165, 1.54) is 0 Å². The third-order valence-corrected chi connectivity index (χ3v) is 0.901. The average molecular weight is 138 g/mol. The first kappa shape index (κ1) is 9.02. The third-order valence-electron chi connectivity index (χ3n) is 0.901. The summed E-state index contributed by atoms with van der Waals surface area (Å²) in [6.07, 6.45) is 3.54. The Kier molecular flexibility index (Phi) is 4.38. The molecule has 0 aliphatic carbocycles. The molecule has 56 valence electrons. The van der Waals surface area contributed by atoms with Crippen molar-refractivity contribution in [3.05, 3.63) is 36.6 Å². The van der Waals surface area contributed by atoms with E-state index in [0.29, 0.717) is 6.61 Å². The Hall–Kier alpha value is -0.980. The summed E-state index contributed by atoms with van der Waals surface area (Å²) in [4.78, 5) is 0. The molecule has 1 heteroatoms. The zero-order valence-corrected chi connectivity index (χ0v) is 6.68. The molecule has 0 heterocycles. The first-order valence-corrected chi connectivity index (χ1v) is 3.33. The summed E-state index contributed by atoms with van der Waals surface area (Å²) < 4.78 is 5.18. The van der Waals surface area contributed by atoms with Crippen molar-refractivity contribution in [3.63, 3.8) is 0 Å². The van der Waals surface area contributed by atoms with Gasteiger partial charge in [0.05, 0.1) is 6.61 Å². The summed E-state index contributed by atoms with van der Waals surface area (Å²) in [6.45, 7) is 11.9. The van der Waals surface area contributed by atoms with E-state index in [0.717, 1.165) is 11.3 Å². The minimum Gasteiger partial charge on any atom is -0.494 e. The Bertz CT molecular complexity index is 154. The molecule has 0 aromatic heterocycles. The molecule has 0 rings (SSSR count). The topological polar surface area (TPSA) is 9.23 Å². The summed E-state index contributed by atoms with van der Waals surface area (Å²) in [6, 6.07) is 0. The maximum atomic E-state index is 5.18. The fraction of sp³-hybridized carbons (Fsp3) is 0.333. The largest absolute Gasteiger partial charge is 0.494 e. The van der Waals surface area contributed by atoms with Gasteiger partial charge in [-0.25, -0.2) is 0 Å². The van der Waals surface area contributed by atoms with E-state index >= 15 is 0 Å². The van der Waals surface area contributed by atoms with Crippen LogP contribution in [0.2, 0.25) is 0 Å². The van der Waals surface area contributed by atoms with Crippen LogP contribution in [-0.4, -0.2) is 6.61 Å². The molecule has 0 atom stereocenters. The van der Waals surface area contributed by atoms with Crippen molar-refractivity contribution in [1.82, 2.24) is 0 Å². The van der Waals surface area contributed by atoms with Gasteiger partial charge in [0.1, 0.15) is 5.76 Å². The Balaban J connectivity index is 4.03. The molecule has 0 unspecified atom stereocenters. The molecule has 0 saturated heterocycles. The van der Waals surface area contributed by atoms with Gasteiger partial charge in [0.2, 0.25) is 0 Å². The highest BCUT2D eigenvalue weighted by molar-refractivity contribution is 5.21. The lowest BCUT2D eigenvalue weighted by molar-refractivity contribution is 0.242. The van der Waals surface area contributed by atoms with Crippen LogP contribution < -0.4 is 0 Å². The maximum Gasteiger partial charge on any atom is 0.118 e. The lowest BCUT2D eigenvalue weighted by Crippen LogP contribution is -1.87. The van der Waals surface area contributed by atoms with Gasteiger partial charge in [0.25, 0.3) is 0 Å². The van der Waals surface area contributed by atoms with Crippen molar-refractivity contribution in [2.75, 3.05) is 6.61 Å². The highest BCUT2D eigenvalue weighted by Crippen LogP contribution is 2.02. The first-order chi connectivity index (χ1) is 4.70. The number of allylic oxidation sites excluding steroid dienone is 3. The van der Waals surface area contributed by atoms with Crippen LogP contribution in [0.15, 0.2) is 36.6 Å². The molecule has 1 nitrogen and oxygen atoms in total. The van der Waals surface area contributed by atoms with Crippen molar-refractivity contribution in [2.45, 2.75) is 13.8 Å². The predicted octanol–water partition coefficient (Wildman–Crippen LogP) is 2.67. The smallest absolute Gasteiger partial charge is 0.118 e. The lowest BCUT2D eigenvalue weighted by Gasteiger charge is -2.01. The normalized spacial score (nSPS) is 10.8. The molecule has 0 radical (unpaired) electrons. The lowest BCUT2D eigenvalue weighted by atomic mass is 10.3. The molecule has 0 aliphatic rings. The standard InChI is InChI=1S/C9H14O/c1-5-9(10-6-2)7-8(3)4/h5,7H,1,3,6H2,2,4H3/b9-7+. The Morgan fingerprint density at radius 3 is 2.50 bits per heavy atom. The third kappa shape index (κ3) is 3.96. The summed E-state index contributed by atoms with van der Waals surface area (Å²) >= 11 is 0. The molecule has 0 aliphatic heterocycles. The second-order valence-electron chi connectivity index (χ2n) is 2.03. The predicted molar refractivity (Wildman–Crippen MR) is 44.7 cm³/mol. The summed E-state index contributed by atoms with van der Waals surface area (Å²) in [5, 5.41) is 0. The molecule has 0 aromatic carbocycles. The van der Waals surface area contributed by atoms with Gasteiger partial charge in [0.15, 0.2) is 0 Å². The van der Waals surface area contributed by atoms with Crippen molar-refractivity contribution in [3.8, 4) is 0 Å². The van der Waals surface area contributed by atoms with Crippen LogP contribution in [0.5, 0.6) is 0 Å². The van der Waals surface area contributed by atoms with Crippen molar-refractivity contribution >= 4 is 0 Å². The fourth-order valence-corrected chi connectivity index (χ4v) is 0.569. The molecule has 0 spiro atoms. The van der Waals surface area contributed by atoms with Crippen molar-refractivity contribution < 1.29 is 4.74 Å². The Labute approximate surface area is 62.7 Å². The number of hydrogen-bond donors (Lipinski definition) is 0. The van der Waals surface area contributed by atoms with E-state index < -0.39 is 0 Å². The van der Waals surface area contributed by atoms with Crippen molar-refractivity contribution in [1.29, 1.82) is 0 Å². The van der Waals surface area contributed by atoms with E-state index in [1.54, 1.807) is 6.08 Å². The van der Waals surface area contributed by atoms with Crippen molar-refractivity contribution in [2.24, 2.45) is 0 Å². The molecule has 0 N–H and O–H groups in total. The van der Waals surface area contributed by atoms with Crippen LogP contribution in [0.25, 0.3) is 0 Å². The molecule has 0 aromatic rings. The Morgan fingerprint density at radius 2 is 2.20 bits per heavy atom. The fourth-order valence-electron chi connectivity index (χ4n) is 0.569. The molecule has 10 heavy (non-hydrogen) atoms. The van der Waals surface area contributed by atoms with Gasteiger partial charge in [-0.2, -0.15) is 0 Å². The second kappa shape index (κ2) is 4.86. The average Bonchev–Trinajstić information content (AvgIpc) is 1.86. The molecule has 0 bridgehead atoms. The van der Waals surface area contributed by atoms with Crippen LogP contribution in [0.3, 0.4) is 0 Å². The van der Waals surface area contributed by atoms with Crippen LogP contribution in [0, 0.1) is 0 Å². The van der Waals surface area contributed by atoms with Gasteiger partial charge in [0, 0.05) is 0 Å². The van der Waals surface area contributed by atoms with E-state index in [1.807, 2.05) is 19.9 Å². The van der Waals surface area contributed by atoms with E-state index in [9.17, 15) is 0 Å². The van der Waals surface area contributed by atoms with E-state index in [-0.39, 0.29) is 0 Å².